The van der Waals surface area contributed by atoms with E-state index in [4.69, 9.17) is 0 Å². The first-order valence-electron chi connectivity index (χ1n) is 7.60. The zero-order valence-corrected chi connectivity index (χ0v) is 14.6. The second-order valence-electron chi connectivity index (χ2n) is 5.59. The van der Waals surface area contributed by atoms with Gasteiger partial charge in [-0.15, -0.1) is 0 Å². The van der Waals surface area contributed by atoms with Gasteiger partial charge in [-0.05, 0) is 36.4 Å². The van der Waals surface area contributed by atoms with Crippen LogP contribution >= 0.6 is 11.8 Å². The molecule has 0 bridgehead atoms. The molecule has 0 spiro atoms. The molecule has 128 valence electrons. The van der Waals surface area contributed by atoms with Crippen molar-refractivity contribution in [2.24, 2.45) is 0 Å². The number of rotatable bonds is 4. The van der Waals surface area contributed by atoms with E-state index in [1.807, 2.05) is 12.3 Å². The molecule has 0 fully saturated rings. The summed E-state index contributed by atoms with van der Waals surface area (Å²) in [5, 5.41) is 0.979. The molecule has 0 atom stereocenters. The highest BCUT2D eigenvalue weighted by atomic mass is 32.2. The molecule has 5 nitrogen and oxygen atoms in total. The third kappa shape index (κ3) is 3.27. The van der Waals surface area contributed by atoms with E-state index in [0.29, 0.717) is 5.69 Å². The minimum atomic E-state index is -3.77. The van der Waals surface area contributed by atoms with Crippen LogP contribution in [0.4, 0.5) is 10.1 Å². The second kappa shape index (κ2) is 6.20. The zero-order valence-electron chi connectivity index (χ0n) is 13.0. The number of anilines is 1. The minimum Gasteiger partial charge on any atom is -0.325 e. The van der Waals surface area contributed by atoms with E-state index in [-0.39, 0.29) is 4.90 Å². The molecular formula is C17H14FN3O2S2. The standard InChI is InChI=1S/C17H14FN3O2S2/c18-13-4-6-15(7-5-13)25(22,23)20-14-3-1-2-12(10-14)16-11-21-8-9-24-17(21)19-16/h1-7,10-11,20H,8-9H2. The molecule has 0 amide bonds. The third-order valence-electron chi connectivity index (χ3n) is 3.84. The molecule has 0 saturated heterocycles. The number of imidazole rings is 1. The molecule has 0 unspecified atom stereocenters. The maximum Gasteiger partial charge on any atom is 0.261 e. The summed E-state index contributed by atoms with van der Waals surface area (Å²) in [7, 11) is -3.77. The Kier molecular flexibility index (Phi) is 4.01. The van der Waals surface area contributed by atoms with Crippen molar-refractivity contribution in [3.63, 3.8) is 0 Å². The monoisotopic (exact) mass is 375 g/mol. The van der Waals surface area contributed by atoms with Crippen LogP contribution in [0.3, 0.4) is 0 Å². The van der Waals surface area contributed by atoms with Crippen LogP contribution in [0.2, 0.25) is 0 Å². The van der Waals surface area contributed by atoms with Crippen molar-refractivity contribution in [2.75, 3.05) is 10.5 Å². The minimum absolute atomic E-state index is 0.0108. The van der Waals surface area contributed by atoms with Crippen molar-refractivity contribution in [1.82, 2.24) is 9.55 Å². The van der Waals surface area contributed by atoms with E-state index in [0.717, 1.165) is 40.8 Å². The van der Waals surface area contributed by atoms with Gasteiger partial charge in [0, 0.05) is 29.7 Å². The number of benzene rings is 2. The lowest BCUT2D eigenvalue weighted by molar-refractivity contribution is 0.599. The highest BCUT2D eigenvalue weighted by Gasteiger charge is 2.17. The highest BCUT2D eigenvalue weighted by Crippen LogP contribution is 2.30. The number of nitrogens with zero attached hydrogens (tertiary/aromatic N) is 2. The van der Waals surface area contributed by atoms with Crippen LogP contribution < -0.4 is 4.72 Å². The summed E-state index contributed by atoms with van der Waals surface area (Å²) in [6.07, 6.45) is 1.98. The number of sulfonamides is 1. The van der Waals surface area contributed by atoms with Gasteiger partial charge in [-0.2, -0.15) is 0 Å². The van der Waals surface area contributed by atoms with Gasteiger partial charge in [0.05, 0.1) is 10.6 Å². The normalized spacial score (nSPS) is 13.6. The van der Waals surface area contributed by atoms with Gasteiger partial charge in [-0.3, -0.25) is 4.72 Å². The van der Waals surface area contributed by atoms with Crippen LogP contribution in [-0.2, 0) is 16.6 Å². The van der Waals surface area contributed by atoms with Gasteiger partial charge < -0.3 is 4.57 Å². The van der Waals surface area contributed by atoms with E-state index in [1.54, 1.807) is 30.0 Å². The van der Waals surface area contributed by atoms with Gasteiger partial charge >= 0.3 is 0 Å². The van der Waals surface area contributed by atoms with E-state index in [9.17, 15) is 12.8 Å². The smallest absolute Gasteiger partial charge is 0.261 e. The van der Waals surface area contributed by atoms with E-state index < -0.39 is 15.8 Å². The van der Waals surface area contributed by atoms with Gasteiger partial charge in [0.15, 0.2) is 5.16 Å². The van der Waals surface area contributed by atoms with Crippen LogP contribution in [0, 0.1) is 5.82 Å². The summed E-state index contributed by atoms with van der Waals surface area (Å²) in [5.41, 5.74) is 2.08. The van der Waals surface area contributed by atoms with E-state index >= 15 is 0 Å². The number of hydrogen-bond donors (Lipinski definition) is 1. The molecule has 25 heavy (non-hydrogen) atoms. The number of fused-ring (bicyclic) bond motifs is 1. The number of halogens is 1. The van der Waals surface area contributed by atoms with Crippen LogP contribution in [0.15, 0.2) is 64.8 Å². The molecule has 8 heteroatoms. The Morgan fingerprint density at radius 2 is 1.96 bits per heavy atom. The fraction of sp³-hybridized carbons (Fsp3) is 0.118. The molecule has 2 heterocycles. The molecular weight excluding hydrogens is 361 g/mol. The number of hydrogen-bond acceptors (Lipinski definition) is 4. The van der Waals surface area contributed by atoms with Crippen molar-refractivity contribution in [1.29, 1.82) is 0 Å². The molecule has 0 aliphatic carbocycles. The fourth-order valence-corrected chi connectivity index (χ4v) is 4.61. The molecule has 1 N–H and O–H groups in total. The highest BCUT2D eigenvalue weighted by molar-refractivity contribution is 7.99. The second-order valence-corrected chi connectivity index (χ2v) is 8.34. The lowest BCUT2D eigenvalue weighted by atomic mass is 10.1. The van der Waals surface area contributed by atoms with E-state index in [1.165, 1.54) is 12.1 Å². The molecule has 1 aromatic heterocycles. The zero-order chi connectivity index (χ0) is 17.4. The lowest BCUT2D eigenvalue weighted by Gasteiger charge is -2.09. The van der Waals surface area contributed by atoms with Crippen molar-refractivity contribution in [3.8, 4) is 11.3 Å². The predicted octanol–water partition coefficient (Wildman–Crippen LogP) is 3.60. The topological polar surface area (TPSA) is 64.0 Å². The Morgan fingerprint density at radius 3 is 2.72 bits per heavy atom. The van der Waals surface area contributed by atoms with Crippen molar-refractivity contribution < 1.29 is 12.8 Å². The molecule has 1 aliphatic rings. The number of aromatic nitrogens is 2. The Hall–Kier alpha value is -2.32. The maximum absolute atomic E-state index is 13.0. The van der Waals surface area contributed by atoms with Crippen LogP contribution in [0.25, 0.3) is 11.3 Å². The predicted molar refractivity (Wildman–Crippen MR) is 95.6 cm³/mol. The Labute approximate surface area is 149 Å². The lowest BCUT2D eigenvalue weighted by Crippen LogP contribution is -2.12. The molecule has 4 rings (SSSR count). The van der Waals surface area contributed by atoms with Gasteiger partial charge in [0.1, 0.15) is 5.82 Å². The summed E-state index contributed by atoms with van der Waals surface area (Å²) >= 11 is 1.71. The number of aryl methyl sites for hydroxylation is 1. The van der Waals surface area contributed by atoms with E-state index in [2.05, 4.69) is 14.3 Å². The fourth-order valence-electron chi connectivity index (χ4n) is 2.62. The molecule has 3 aromatic rings. The third-order valence-corrected chi connectivity index (χ3v) is 6.21. The average molecular weight is 375 g/mol. The molecule has 2 aromatic carbocycles. The van der Waals surface area contributed by atoms with Crippen molar-refractivity contribution in [2.45, 2.75) is 16.6 Å². The van der Waals surface area contributed by atoms with Gasteiger partial charge in [-0.25, -0.2) is 17.8 Å². The summed E-state index contributed by atoms with van der Waals surface area (Å²) in [6.45, 7) is 0.934. The van der Waals surface area contributed by atoms with Crippen molar-refractivity contribution in [3.05, 3.63) is 60.5 Å². The first-order chi connectivity index (χ1) is 12.0. The van der Waals surface area contributed by atoms with Crippen LogP contribution in [0.5, 0.6) is 0 Å². The Bertz CT molecular complexity index is 1010. The van der Waals surface area contributed by atoms with Crippen LogP contribution in [-0.4, -0.2) is 23.7 Å². The average Bonchev–Trinajstić information content (AvgIpc) is 3.17. The van der Waals surface area contributed by atoms with Gasteiger partial charge in [0.25, 0.3) is 10.0 Å². The Balaban J connectivity index is 1.62. The maximum atomic E-state index is 13.0. The van der Waals surface area contributed by atoms with Crippen LogP contribution in [0.1, 0.15) is 0 Å². The van der Waals surface area contributed by atoms with Crippen molar-refractivity contribution >= 4 is 27.5 Å². The van der Waals surface area contributed by atoms with Gasteiger partial charge in [0.2, 0.25) is 0 Å². The summed E-state index contributed by atoms with van der Waals surface area (Å²) < 4.78 is 42.4. The van der Waals surface area contributed by atoms with Gasteiger partial charge in [-0.1, -0.05) is 23.9 Å². The SMILES string of the molecule is O=S(=O)(Nc1cccc(-c2cn3c(n2)SCC3)c1)c1ccc(F)cc1. The number of nitrogens with one attached hydrogen (secondary N) is 1. The Morgan fingerprint density at radius 1 is 1.16 bits per heavy atom. The number of thioether (sulfide) groups is 1. The summed E-state index contributed by atoms with van der Waals surface area (Å²) in [5.74, 6) is 0.548. The molecule has 0 radical (unpaired) electrons. The summed E-state index contributed by atoms with van der Waals surface area (Å²) in [6, 6.07) is 11.8. The largest absolute Gasteiger partial charge is 0.325 e. The first kappa shape index (κ1) is 16.2. The molecule has 1 aliphatic heterocycles. The molecule has 0 saturated carbocycles. The first-order valence-corrected chi connectivity index (χ1v) is 10.1. The quantitative estimate of drug-likeness (QED) is 0.757. The summed E-state index contributed by atoms with van der Waals surface area (Å²) in [4.78, 5) is 4.58.